The summed E-state index contributed by atoms with van der Waals surface area (Å²) in [7, 11) is -2.92. The van der Waals surface area contributed by atoms with E-state index in [0.717, 1.165) is 24.0 Å². The first kappa shape index (κ1) is 21.6. The lowest BCUT2D eigenvalue weighted by Gasteiger charge is -2.07. The van der Waals surface area contributed by atoms with Crippen LogP contribution in [0.25, 0.3) is 0 Å². The Morgan fingerprint density at radius 1 is 1.10 bits per heavy atom. The first-order chi connectivity index (χ1) is 14.3. The van der Waals surface area contributed by atoms with Gasteiger partial charge in [-0.25, -0.2) is 17.9 Å². The van der Waals surface area contributed by atoms with Crippen molar-refractivity contribution in [2.75, 3.05) is 12.4 Å². The van der Waals surface area contributed by atoms with Gasteiger partial charge in [0.15, 0.2) is 4.21 Å². The van der Waals surface area contributed by atoms with Crippen molar-refractivity contribution < 1.29 is 22.7 Å². The Morgan fingerprint density at radius 2 is 1.77 bits per heavy atom. The highest BCUT2D eigenvalue weighted by atomic mass is 32.2. The van der Waals surface area contributed by atoms with Gasteiger partial charge in [0, 0.05) is 24.6 Å². The third-order valence-electron chi connectivity index (χ3n) is 4.20. The molecule has 30 heavy (non-hydrogen) atoms. The van der Waals surface area contributed by atoms with Crippen molar-refractivity contribution >= 4 is 38.9 Å². The number of aromatic nitrogens is 1. The number of methoxy groups -OCH3 is 1. The molecule has 0 saturated carbocycles. The molecule has 156 valence electrons. The number of benzene rings is 1. The Balaban J connectivity index is 1.95. The summed E-state index contributed by atoms with van der Waals surface area (Å²) in [6.07, 6.45) is 3.03. The fourth-order valence-corrected chi connectivity index (χ4v) is 5.48. The number of carbonyl (C=O) groups excluding carboxylic acids is 2. The van der Waals surface area contributed by atoms with Gasteiger partial charge in [-0.2, -0.15) is 0 Å². The first-order valence-corrected chi connectivity index (χ1v) is 11.1. The van der Waals surface area contributed by atoms with Gasteiger partial charge in [0.05, 0.1) is 17.6 Å². The molecule has 0 radical (unpaired) electrons. The molecule has 1 amide bonds. The van der Waals surface area contributed by atoms with Crippen LogP contribution in [-0.2, 0) is 21.3 Å². The highest BCUT2D eigenvalue weighted by Gasteiger charge is 2.32. The van der Waals surface area contributed by atoms with E-state index < -0.39 is 21.9 Å². The minimum atomic E-state index is -4.07. The smallest absolute Gasteiger partial charge is 0.340 e. The van der Waals surface area contributed by atoms with Crippen LogP contribution in [0.2, 0.25) is 0 Å². The summed E-state index contributed by atoms with van der Waals surface area (Å²) < 4.78 is 32.9. The number of amides is 1. The fraction of sp³-hybridized carbons (Fsp3) is 0.150. The minimum absolute atomic E-state index is 0.0410. The number of nitrogens with zero attached hydrogens (tertiary/aromatic N) is 1. The van der Waals surface area contributed by atoms with Gasteiger partial charge < -0.3 is 10.1 Å². The molecular weight excluding hydrogens is 426 g/mol. The van der Waals surface area contributed by atoms with E-state index in [9.17, 15) is 18.0 Å². The summed E-state index contributed by atoms with van der Waals surface area (Å²) >= 11 is 0.720. The number of ether oxygens (including phenoxy) is 1. The van der Waals surface area contributed by atoms with Crippen LogP contribution in [0.5, 0.6) is 0 Å². The lowest BCUT2D eigenvalue weighted by molar-refractivity contribution is 0.0596. The number of carbonyl (C=O) groups is 2. The monoisotopic (exact) mass is 445 g/mol. The molecule has 0 spiro atoms. The predicted molar refractivity (Wildman–Crippen MR) is 113 cm³/mol. The molecule has 0 aliphatic carbocycles. The van der Waals surface area contributed by atoms with Crippen molar-refractivity contribution in [1.29, 1.82) is 0 Å². The molecule has 0 bridgehead atoms. The second-order valence-corrected chi connectivity index (χ2v) is 9.19. The van der Waals surface area contributed by atoms with Crippen LogP contribution in [0, 0.1) is 6.92 Å². The third kappa shape index (κ3) is 4.73. The van der Waals surface area contributed by atoms with Crippen LogP contribution in [-0.4, -0.2) is 32.4 Å². The summed E-state index contributed by atoms with van der Waals surface area (Å²) in [5.74, 6) is -1.36. The van der Waals surface area contributed by atoms with Gasteiger partial charge in [-0.15, -0.1) is 11.3 Å². The first-order valence-electron chi connectivity index (χ1n) is 8.80. The summed E-state index contributed by atoms with van der Waals surface area (Å²) in [5.41, 5.74) is 1.33. The van der Waals surface area contributed by atoms with Gasteiger partial charge in [-0.1, -0.05) is 30.3 Å². The van der Waals surface area contributed by atoms with E-state index in [-0.39, 0.29) is 26.8 Å². The maximum atomic E-state index is 12.9. The van der Waals surface area contributed by atoms with Crippen molar-refractivity contribution in [3.05, 3.63) is 76.4 Å². The molecular formula is C20H19N3O5S2. The number of esters is 1. The van der Waals surface area contributed by atoms with Crippen LogP contribution in [0.1, 0.15) is 31.2 Å². The fourth-order valence-electron chi connectivity index (χ4n) is 2.69. The summed E-state index contributed by atoms with van der Waals surface area (Å²) in [6.45, 7) is 1.56. The minimum Gasteiger partial charge on any atom is -0.465 e. The lowest BCUT2D eigenvalue weighted by Crippen LogP contribution is -2.24. The average molecular weight is 446 g/mol. The van der Waals surface area contributed by atoms with E-state index in [1.165, 1.54) is 19.3 Å². The van der Waals surface area contributed by atoms with Gasteiger partial charge in [0.2, 0.25) is 0 Å². The van der Waals surface area contributed by atoms with Crippen molar-refractivity contribution in [1.82, 2.24) is 9.71 Å². The highest BCUT2D eigenvalue weighted by molar-refractivity contribution is 7.91. The van der Waals surface area contributed by atoms with Crippen molar-refractivity contribution in [2.24, 2.45) is 0 Å². The zero-order valence-electron chi connectivity index (χ0n) is 16.2. The van der Waals surface area contributed by atoms with Crippen LogP contribution < -0.4 is 10.0 Å². The molecule has 0 unspecified atom stereocenters. The maximum Gasteiger partial charge on any atom is 0.340 e. The summed E-state index contributed by atoms with van der Waals surface area (Å²) in [5, 5.41) is 2.67. The predicted octanol–water partition coefficient (Wildman–Crippen LogP) is 2.97. The van der Waals surface area contributed by atoms with E-state index in [2.05, 4.69) is 15.0 Å². The standard InChI is InChI=1S/C20H19N3O5S2/c1-13-16(19(25)28-2)20(30(26,27)22-12-14-6-4-3-5-7-14)29-17(13)18(24)23-15-8-10-21-11-9-15/h3-11,22H,12H2,1-2H3,(H,21,23,24). The molecule has 2 N–H and O–H groups in total. The van der Waals surface area contributed by atoms with Crippen LogP contribution >= 0.6 is 11.3 Å². The molecule has 3 rings (SSSR count). The quantitative estimate of drug-likeness (QED) is 0.541. The molecule has 8 nitrogen and oxygen atoms in total. The van der Waals surface area contributed by atoms with E-state index >= 15 is 0 Å². The molecule has 3 aromatic rings. The van der Waals surface area contributed by atoms with Crippen molar-refractivity contribution in [2.45, 2.75) is 17.7 Å². The molecule has 1 aromatic carbocycles. The van der Waals surface area contributed by atoms with Gasteiger partial charge in [0.1, 0.15) is 0 Å². The molecule has 0 atom stereocenters. The van der Waals surface area contributed by atoms with Crippen LogP contribution in [0.15, 0.2) is 59.1 Å². The van der Waals surface area contributed by atoms with Crippen molar-refractivity contribution in [3.8, 4) is 0 Å². The lowest BCUT2D eigenvalue weighted by atomic mass is 10.1. The van der Waals surface area contributed by atoms with E-state index in [1.54, 1.807) is 36.4 Å². The molecule has 0 aliphatic rings. The molecule has 2 heterocycles. The average Bonchev–Trinajstić information content (AvgIpc) is 3.11. The Morgan fingerprint density at radius 3 is 2.40 bits per heavy atom. The van der Waals surface area contributed by atoms with Gasteiger partial charge >= 0.3 is 5.97 Å². The number of hydrogen-bond donors (Lipinski definition) is 2. The maximum absolute atomic E-state index is 12.9. The Bertz CT molecular complexity index is 1160. The molecule has 0 saturated heterocycles. The number of anilines is 1. The normalized spacial score (nSPS) is 11.1. The van der Waals surface area contributed by atoms with Crippen LogP contribution in [0.3, 0.4) is 0 Å². The zero-order chi connectivity index (χ0) is 21.7. The van der Waals surface area contributed by atoms with E-state index in [0.29, 0.717) is 5.69 Å². The van der Waals surface area contributed by atoms with E-state index in [4.69, 9.17) is 4.74 Å². The molecule has 0 fully saturated rings. The Hall–Kier alpha value is -3.08. The number of nitrogens with one attached hydrogen (secondary N) is 2. The summed E-state index contributed by atoms with van der Waals surface area (Å²) in [4.78, 5) is 29.0. The Kier molecular flexibility index (Phi) is 6.60. The Labute approximate surface area is 178 Å². The van der Waals surface area contributed by atoms with Gasteiger partial charge in [-0.3, -0.25) is 9.78 Å². The molecule has 2 aromatic heterocycles. The molecule has 0 aliphatic heterocycles. The second-order valence-electron chi connectivity index (χ2n) is 6.21. The number of sulfonamides is 1. The number of hydrogen-bond acceptors (Lipinski definition) is 7. The SMILES string of the molecule is COC(=O)c1c(S(=O)(=O)NCc2ccccc2)sc(C(=O)Nc2ccncc2)c1C. The second kappa shape index (κ2) is 9.16. The van der Waals surface area contributed by atoms with Crippen LogP contribution in [0.4, 0.5) is 5.69 Å². The molecule has 10 heteroatoms. The number of pyridine rings is 1. The highest BCUT2D eigenvalue weighted by Crippen LogP contribution is 2.33. The topological polar surface area (TPSA) is 114 Å². The van der Waals surface area contributed by atoms with Gasteiger partial charge in [0.25, 0.3) is 15.9 Å². The largest absolute Gasteiger partial charge is 0.465 e. The van der Waals surface area contributed by atoms with E-state index in [1.807, 2.05) is 6.07 Å². The third-order valence-corrected chi connectivity index (χ3v) is 7.41. The summed E-state index contributed by atoms with van der Waals surface area (Å²) in [6, 6.07) is 12.2. The number of thiophene rings is 1. The number of rotatable bonds is 7. The van der Waals surface area contributed by atoms with Crippen molar-refractivity contribution in [3.63, 3.8) is 0 Å². The zero-order valence-corrected chi connectivity index (χ0v) is 17.8. The van der Waals surface area contributed by atoms with Gasteiger partial charge in [-0.05, 0) is 30.2 Å².